The molecule has 0 spiro atoms. The first-order valence-electron chi connectivity index (χ1n) is 21.6. The van der Waals surface area contributed by atoms with Crippen LogP contribution in [0.1, 0.15) is 65.2 Å². The number of phenolic OH excluding ortho intramolecular Hbond substituents is 1. The summed E-state index contributed by atoms with van der Waals surface area (Å²) in [5, 5.41) is 12.4. The van der Waals surface area contributed by atoms with Gasteiger partial charge in [0.05, 0.1) is 16.6 Å². The van der Waals surface area contributed by atoms with Crippen LogP contribution in [-0.2, 0) is 38.3 Å². The molecule has 316 valence electrons. The molecule has 0 atom stereocenters. The molecule has 0 radical (unpaired) electrons. The Morgan fingerprint density at radius 1 is 0.556 bits per heavy atom. The van der Waals surface area contributed by atoms with Crippen LogP contribution < -0.4 is 0 Å². The normalized spacial score (nSPS) is 11.7. The van der Waals surface area contributed by atoms with Crippen molar-refractivity contribution in [1.29, 1.82) is 0 Å². The van der Waals surface area contributed by atoms with E-state index >= 15 is 0 Å². The van der Waals surface area contributed by atoms with Crippen molar-refractivity contribution in [3.63, 3.8) is 0 Å². The molecule has 0 bridgehead atoms. The second-order valence-corrected chi connectivity index (χ2v) is 18.3. The molecule has 0 unspecified atom stereocenters. The van der Waals surface area contributed by atoms with Crippen molar-refractivity contribution in [3.8, 4) is 78.6 Å². The van der Waals surface area contributed by atoms with Crippen molar-refractivity contribution in [2.24, 2.45) is 0 Å². The van der Waals surface area contributed by atoms with Gasteiger partial charge in [0.15, 0.2) is 0 Å². The van der Waals surface area contributed by atoms with E-state index in [0.29, 0.717) is 11.4 Å². The van der Waals surface area contributed by atoms with E-state index in [1.54, 1.807) is 0 Å². The molecule has 2 heterocycles. The number of pyridine rings is 1. The van der Waals surface area contributed by atoms with Crippen LogP contribution in [0, 0.1) is 6.07 Å². The van der Waals surface area contributed by atoms with E-state index < -0.39 is 0 Å². The first-order chi connectivity index (χ1) is 29.9. The van der Waals surface area contributed by atoms with Gasteiger partial charge in [-0.1, -0.05) is 186 Å². The Morgan fingerprint density at radius 3 is 1.83 bits per heavy atom. The van der Waals surface area contributed by atoms with Gasteiger partial charge in [-0.3, -0.25) is 9.55 Å². The number of rotatable bonds is 8. The van der Waals surface area contributed by atoms with Crippen LogP contribution in [-0.4, -0.2) is 19.6 Å². The largest absolute Gasteiger partial charge is 0.507 e. The van der Waals surface area contributed by atoms with E-state index in [4.69, 9.17) is 9.97 Å². The fraction of sp³-hybridized carbons (Fsp3) is 0.172. The minimum absolute atomic E-state index is 0. The monoisotopic (exact) mass is 1000 g/mol. The molecule has 0 aliphatic heterocycles. The summed E-state index contributed by atoms with van der Waals surface area (Å²) < 4.78 is 2.24. The number of fused-ring (bicyclic) bond motifs is 1. The third-order valence-electron chi connectivity index (χ3n) is 11.9. The van der Waals surface area contributed by atoms with Gasteiger partial charge in [-0.05, 0) is 86.5 Å². The van der Waals surface area contributed by atoms with E-state index in [1.807, 2.05) is 18.3 Å². The standard InChI is InChI=1S/C58H52N3O.Pt/c1-8-38-34-47(27-28-48(38)41-23-16-11-17-24-41)61-53-26-18-25-49(54(53)60-56(61)50-36-46(57(2,3)4)37-51(55(50)62)58(5,6)7)44-31-43(40-21-14-10-15-22-40)32-45(33-44)52-35-42(29-30-59-52)39-19-12-9-13-20-39;/h9-32,34-37,62H,8H2,1-7H3;/q-1;. The van der Waals surface area contributed by atoms with Gasteiger partial charge in [-0.25, -0.2) is 4.98 Å². The minimum atomic E-state index is -0.316. The van der Waals surface area contributed by atoms with Crippen molar-refractivity contribution in [1.82, 2.24) is 14.5 Å². The van der Waals surface area contributed by atoms with E-state index in [9.17, 15) is 5.11 Å². The predicted octanol–water partition coefficient (Wildman–Crippen LogP) is 15.1. The summed E-state index contributed by atoms with van der Waals surface area (Å²) in [7, 11) is 0. The molecule has 9 rings (SSSR count). The Balaban J connectivity index is 0.00000544. The van der Waals surface area contributed by atoms with Crippen LogP contribution in [0.4, 0.5) is 0 Å². The van der Waals surface area contributed by atoms with Crippen LogP contribution in [0.25, 0.3) is 83.9 Å². The molecule has 0 fully saturated rings. The van der Waals surface area contributed by atoms with Gasteiger partial charge in [-0.2, -0.15) is 0 Å². The zero-order valence-corrected chi connectivity index (χ0v) is 39.3. The summed E-state index contributed by atoms with van der Waals surface area (Å²) in [6.45, 7) is 15.4. The molecule has 0 saturated heterocycles. The molecular formula is C58H52N3OPt-. The van der Waals surface area contributed by atoms with Crippen LogP contribution in [0.3, 0.4) is 0 Å². The Labute approximate surface area is 386 Å². The fourth-order valence-electron chi connectivity index (χ4n) is 8.52. The molecule has 4 nitrogen and oxygen atoms in total. The first-order valence-corrected chi connectivity index (χ1v) is 21.6. The number of aryl methyl sites for hydroxylation is 1. The first kappa shape index (κ1) is 43.3. The zero-order valence-electron chi connectivity index (χ0n) is 37.0. The molecule has 0 saturated carbocycles. The summed E-state index contributed by atoms with van der Waals surface area (Å²) in [4.78, 5) is 10.5. The SMILES string of the molecule is CCc1cc(-n2c(-c3cc(C(C)(C)C)cc(C(C)(C)C)c3O)nc3c(-c4[c-]c(-c5cc(-c6ccccc6)ccn5)cc(-c5ccccc5)c4)cccc32)ccc1-c1ccccc1.[Pt]. The van der Waals surface area contributed by atoms with Gasteiger partial charge >= 0.3 is 0 Å². The Bertz CT molecular complexity index is 3070. The molecule has 7 aromatic carbocycles. The topological polar surface area (TPSA) is 50.9 Å². The number of imidazole rings is 1. The summed E-state index contributed by atoms with van der Waals surface area (Å²) in [6.07, 6.45) is 2.74. The Morgan fingerprint density at radius 2 is 1.19 bits per heavy atom. The molecular weight excluding hydrogens is 950 g/mol. The minimum Gasteiger partial charge on any atom is -0.507 e. The maximum atomic E-state index is 12.4. The van der Waals surface area contributed by atoms with Crippen molar-refractivity contribution in [2.75, 3.05) is 0 Å². The maximum absolute atomic E-state index is 12.4. The van der Waals surface area contributed by atoms with E-state index in [-0.39, 0.29) is 37.6 Å². The third-order valence-corrected chi connectivity index (χ3v) is 11.9. The van der Waals surface area contributed by atoms with Gasteiger partial charge < -0.3 is 5.11 Å². The van der Waals surface area contributed by atoms with Gasteiger partial charge in [0.25, 0.3) is 0 Å². The van der Waals surface area contributed by atoms with Gasteiger partial charge in [-0.15, -0.1) is 23.8 Å². The molecule has 9 aromatic rings. The van der Waals surface area contributed by atoms with Crippen molar-refractivity contribution >= 4 is 11.0 Å². The van der Waals surface area contributed by atoms with E-state index in [2.05, 4.69) is 211 Å². The van der Waals surface area contributed by atoms with Crippen molar-refractivity contribution < 1.29 is 26.2 Å². The number of benzene rings is 7. The summed E-state index contributed by atoms with van der Waals surface area (Å²) in [5.41, 5.74) is 16.6. The number of hydrogen-bond donors (Lipinski definition) is 1. The number of aromatic nitrogens is 3. The van der Waals surface area contributed by atoms with Gasteiger partial charge in [0.2, 0.25) is 0 Å². The fourth-order valence-corrected chi connectivity index (χ4v) is 8.52. The number of aromatic hydroxyl groups is 1. The van der Waals surface area contributed by atoms with Crippen LogP contribution in [0.5, 0.6) is 5.75 Å². The van der Waals surface area contributed by atoms with E-state index in [0.717, 1.165) is 78.9 Å². The summed E-state index contributed by atoms with van der Waals surface area (Å²) >= 11 is 0. The number of phenols is 1. The Hall–Kier alpha value is -6.35. The number of nitrogens with zero attached hydrogens (tertiary/aromatic N) is 3. The number of para-hydroxylation sites is 1. The molecule has 1 N–H and O–H groups in total. The molecule has 63 heavy (non-hydrogen) atoms. The average molecular weight is 1000 g/mol. The van der Waals surface area contributed by atoms with Gasteiger partial charge in [0, 0.05) is 44.2 Å². The van der Waals surface area contributed by atoms with E-state index in [1.165, 1.54) is 16.7 Å². The van der Waals surface area contributed by atoms with Crippen LogP contribution in [0.2, 0.25) is 0 Å². The second-order valence-electron chi connectivity index (χ2n) is 18.3. The number of hydrogen-bond acceptors (Lipinski definition) is 3. The maximum Gasteiger partial charge on any atom is 0.148 e. The predicted molar refractivity (Wildman–Crippen MR) is 259 cm³/mol. The van der Waals surface area contributed by atoms with Gasteiger partial charge in [0.1, 0.15) is 11.6 Å². The molecule has 2 aromatic heterocycles. The smallest absolute Gasteiger partial charge is 0.148 e. The third kappa shape index (κ3) is 8.58. The molecule has 5 heteroatoms. The van der Waals surface area contributed by atoms with Crippen LogP contribution in [0.15, 0.2) is 170 Å². The Kier molecular flexibility index (Phi) is 12.0. The quantitative estimate of drug-likeness (QED) is 0.154. The summed E-state index contributed by atoms with van der Waals surface area (Å²) in [6, 6.07) is 61.4. The van der Waals surface area contributed by atoms with Crippen molar-refractivity contribution in [2.45, 2.75) is 65.7 Å². The molecule has 0 aliphatic carbocycles. The average Bonchev–Trinajstić information content (AvgIpc) is 3.68. The zero-order chi connectivity index (χ0) is 43.2. The summed E-state index contributed by atoms with van der Waals surface area (Å²) in [5.74, 6) is 0.942. The van der Waals surface area contributed by atoms with Crippen LogP contribution >= 0.6 is 0 Å². The molecule has 0 amide bonds. The molecule has 0 aliphatic rings. The van der Waals surface area contributed by atoms with Crippen molar-refractivity contribution in [3.05, 3.63) is 193 Å². The second kappa shape index (κ2) is 17.4.